The number of hydrogen-bond donors (Lipinski definition) is 3. The lowest BCUT2D eigenvalue weighted by molar-refractivity contribution is -0.137. The zero-order valence-corrected chi connectivity index (χ0v) is 14.2. The molecule has 3 N–H and O–H groups in total. The third-order valence-electron chi connectivity index (χ3n) is 2.50. The van der Waals surface area contributed by atoms with Crippen LogP contribution in [-0.4, -0.2) is 23.0 Å². The molecule has 21 heavy (non-hydrogen) atoms. The molecular weight excluding hydrogens is 408 g/mol. The fraction of sp³-hybridized carbons (Fsp3) is 0.308. The number of rotatable bonds is 6. The Bertz CT molecular complexity index is 529. The van der Waals surface area contributed by atoms with E-state index in [2.05, 4.69) is 42.5 Å². The summed E-state index contributed by atoms with van der Waals surface area (Å²) in [7, 11) is 0. The molecule has 0 unspecified atom stereocenters. The van der Waals surface area contributed by atoms with Gasteiger partial charge in [0.15, 0.2) is 0 Å². The van der Waals surface area contributed by atoms with E-state index in [9.17, 15) is 14.4 Å². The van der Waals surface area contributed by atoms with Gasteiger partial charge in [-0.2, -0.15) is 0 Å². The number of anilines is 1. The van der Waals surface area contributed by atoms with Gasteiger partial charge in [-0.05, 0) is 56.8 Å². The lowest BCUT2D eigenvalue weighted by atomic mass is 10.2. The molecule has 0 saturated heterocycles. The van der Waals surface area contributed by atoms with E-state index in [1.54, 1.807) is 18.2 Å². The van der Waals surface area contributed by atoms with Crippen molar-refractivity contribution < 1.29 is 19.5 Å². The predicted molar refractivity (Wildman–Crippen MR) is 85.1 cm³/mol. The summed E-state index contributed by atoms with van der Waals surface area (Å²) in [6.07, 6.45) is 0.950. The van der Waals surface area contributed by atoms with Crippen LogP contribution in [0.1, 0.15) is 25.7 Å². The van der Waals surface area contributed by atoms with E-state index in [1.165, 1.54) is 0 Å². The summed E-state index contributed by atoms with van der Waals surface area (Å²) < 4.78 is 1.36. The Kier molecular flexibility index (Phi) is 7.38. The number of carbonyl (C=O) groups excluding carboxylic acids is 2. The highest BCUT2D eigenvalue weighted by molar-refractivity contribution is 9.11. The molecule has 0 atom stereocenters. The molecule has 3 amide bonds. The molecule has 0 aromatic heterocycles. The summed E-state index contributed by atoms with van der Waals surface area (Å²) in [6, 6.07) is 4.68. The predicted octanol–water partition coefficient (Wildman–Crippen LogP) is 3.50. The second-order valence-electron chi connectivity index (χ2n) is 4.20. The van der Waals surface area contributed by atoms with Gasteiger partial charge in [0, 0.05) is 21.8 Å². The number of unbranched alkanes of at least 4 members (excludes halogenated alkanes) is 1. The first kappa shape index (κ1) is 17.6. The minimum absolute atomic E-state index is 0.0172. The molecule has 114 valence electrons. The average Bonchev–Trinajstić information content (AvgIpc) is 2.39. The molecule has 1 aromatic rings. The minimum atomic E-state index is -0.896. The van der Waals surface area contributed by atoms with Gasteiger partial charge in [-0.1, -0.05) is 6.07 Å². The van der Waals surface area contributed by atoms with Crippen molar-refractivity contribution in [2.75, 3.05) is 5.32 Å². The number of nitrogens with one attached hydrogen (secondary N) is 2. The minimum Gasteiger partial charge on any atom is -0.481 e. The third kappa shape index (κ3) is 6.72. The van der Waals surface area contributed by atoms with Crippen molar-refractivity contribution in [1.29, 1.82) is 0 Å². The largest absolute Gasteiger partial charge is 0.481 e. The Morgan fingerprint density at radius 3 is 2.19 bits per heavy atom. The van der Waals surface area contributed by atoms with Crippen LogP contribution in [0.2, 0.25) is 0 Å². The van der Waals surface area contributed by atoms with Crippen molar-refractivity contribution in [2.45, 2.75) is 25.7 Å². The lowest BCUT2D eigenvalue weighted by Gasteiger charge is -2.10. The number of urea groups is 1. The van der Waals surface area contributed by atoms with Crippen LogP contribution in [-0.2, 0) is 9.59 Å². The van der Waals surface area contributed by atoms with Crippen molar-refractivity contribution in [3.05, 3.63) is 27.1 Å². The van der Waals surface area contributed by atoms with Gasteiger partial charge >= 0.3 is 12.0 Å². The van der Waals surface area contributed by atoms with Crippen LogP contribution in [0.5, 0.6) is 0 Å². The maximum absolute atomic E-state index is 11.7. The normalized spacial score (nSPS) is 10.0. The van der Waals surface area contributed by atoms with Gasteiger partial charge in [0.2, 0.25) is 5.91 Å². The summed E-state index contributed by atoms with van der Waals surface area (Å²) in [5.74, 6) is -1.34. The van der Waals surface area contributed by atoms with Crippen LogP contribution in [0.25, 0.3) is 0 Å². The fourth-order valence-corrected chi connectivity index (χ4v) is 2.71. The van der Waals surface area contributed by atoms with Crippen molar-refractivity contribution >= 4 is 55.5 Å². The van der Waals surface area contributed by atoms with E-state index in [4.69, 9.17) is 5.11 Å². The quantitative estimate of drug-likeness (QED) is 0.612. The standard InChI is InChI=1S/C13H14Br2N2O4/c14-8-4-3-5-9(15)12(8)17-13(21)16-10(18)6-1-2-7-11(19)20/h3-5H,1-2,6-7H2,(H,19,20)(H2,16,17,18,21). The van der Waals surface area contributed by atoms with Crippen molar-refractivity contribution in [3.63, 3.8) is 0 Å². The van der Waals surface area contributed by atoms with Crippen LogP contribution >= 0.6 is 31.9 Å². The van der Waals surface area contributed by atoms with E-state index < -0.39 is 17.9 Å². The first-order chi connectivity index (χ1) is 9.90. The van der Waals surface area contributed by atoms with E-state index in [0.717, 1.165) is 0 Å². The first-order valence-corrected chi connectivity index (χ1v) is 7.75. The molecule has 8 heteroatoms. The smallest absolute Gasteiger partial charge is 0.325 e. The van der Waals surface area contributed by atoms with E-state index >= 15 is 0 Å². The lowest BCUT2D eigenvalue weighted by Crippen LogP contribution is -2.34. The van der Waals surface area contributed by atoms with Gasteiger partial charge < -0.3 is 10.4 Å². The Labute approximate surface area is 138 Å². The van der Waals surface area contributed by atoms with Crippen molar-refractivity contribution in [2.24, 2.45) is 0 Å². The van der Waals surface area contributed by atoms with Crippen molar-refractivity contribution in [3.8, 4) is 0 Å². The molecule has 0 radical (unpaired) electrons. The molecule has 0 heterocycles. The summed E-state index contributed by atoms with van der Waals surface area (Å²) in [5.41, 5.74) is 0.522. The first-order valence-electron chi connectivity index (χ1n) is 6.17. The molecule has 0 aliphatic rings. The molecule has 0 saturated carbocycles. The zero-order chi connectivity index (χ0) is 15.8. The molecule has 1 aromatic carbocycles. The number of carboxylic acid groups (broad SMARTS) is 1. The molecule has 1 rings (SSSR count). The molecule has 0 fully saturated rings. The van der Waals surface area contributed by atoms with Crippen LogP contribution in [0.3, 0.4) is 0 Å². The number of amides is 3. The Morgan fingerprint density at radius 2 is 1.62 bits per heavy atom. The fourth-order valence-electron chi connectivity index (χ4n) is 1.51. The van der Waals surface area contributed by atoms with E-state index in [1.807, 2.05) is 0 Å². The zero-order valence-electron chi connectivity index (χ0n) is 11.0. The number of halogens is 2. The molecule has 0 spiro atoms. The van der Waals surface area contributed by atoms with Gasteiger partial charge in [0.1, 0.15) is 0 Å². The van der Waals surface area contributed by atoms with Gasteiger partial charge in [-0.15, -0.1) is 0 Å². The molecule has 0 bridgehead atoms. The van der Waals surface area contributed by atoms with Gasteiger partial charge in [-0.25, -0.2) is 4.79 Å². The number of benzene rings is 1. The maximum atomic E-state index is 11.7. The highest BCUT2D eigenvalue weighted by atomic mass is 79.9. The summed E-state index contributed by atoms with van der Waals surface area (Å²) in [4.78, 5) is 33.5. The summed E-state index contributed by atoms with van der Waals surface area (Å²) in [5, 5.41) is 13.2. The summed E-state index contributed by atoms with van der Waals surface area (Å²) >= 11 is 6.59. The van der Waals surface area contributed by atoms with Gasteiger partial charge in [0.05, 0.1) is 5.69 Å². The number of aliphatic carboxylic acids is 1. The number of carbonyl (C=O) groups is 3. The van der Waals surface area contributed by atoms with E-state index in [-0.39, 0.29) is 12.8 Å². The summed E-state index contributed by atoms with van der Waals surface area (Å²) in [6.45, 7) is 0. The molecule has 0 aliphatic heterocycles. The van der Waals surface area contributed by atoms with Crippen LogP contribution in [0.4, 0.5) is 10.5 Å². The van der Waals surface area contributed by atoms with Crippen molar-refractivity contribution in [1.82, 2.24) is 5.32 Å². The molecular formula is C13H14Br2N2O4. The Hall–Kier alpha value is -1.41. The molecule has 0 aliphatic carbocycles. The van der Waals surface area contributed by atoms with E-state index in [0.29, 0.717) is 27.5 Å². The number of hydrogen-bond acceptors (Lipinski definition) is 3. The van der Waals surface area contributed by atoms with Crippen LogP contribution < -0.4 is 10.6 Å². The highest BCUT2D eigenvalue weighted by Gasteiger charge is 2.11. The molecule has 6 nitrogen and oxygen atoms in total. The van der Waals surface area contributed by atoms with Crippen LogP contribution in [0, 0.1) is 0 Å². The Balaban J connectivity index is 2.40. The number of imide groups is 1. The third-order valence-corrected chi connectivity index (χ3v) is 3.82. The second kappa shape index (κ2) is 8.78. The Morgan fingerprint density at radius 1 is 1.05 bits per heavy atom. The van der Waals surface area contributed by atoms with Gasteiger partial charge in [-0.3, -0.25) is 14.9 Å². The number of carboxylic acids is 1. The van der Waals surface area contributed by atoms with Crippen LogP contribution in [0.15, 0.2) is 27.1 Å². The topological polar surface area (TPSA) is 95.5 Å². The average molecular weight is 422 g/mol. The second-order valence-corrected chi connectivity index (χ2v) is 5.91. The number of para-hydroxylation sites is 1. The highest BCUT2D eigenvalue weighted by Crippen LogP contribution is 2.30. The van der Waals surface area contributed by atoms with Gasteiger partial charge in [0.25, 0.3) is 0 Å². The maximum Gasteiger partial charge on any atom is 0.325 e. The monoisotopic (exact) mass is 420 g/mol. The SMILES string of the molecule is O=C(O)CCCCC(=O)NC(=O)Nc1c(Br)cccc1Br.